The molecule has 0 saturated carbocycles. The molecule has 3 N–H and O–H groups in total. The Morgan fingerprint density at radius 3 is 2.74 bits per heavy atom. The number of carbonyl (C=O) groups excluding carboxylic acids is 1. The number of hydrogen-bond donors (Lipinski definition) is 3. The van der Waals surface area contributed by atoms with Crippen LogP contribution in [0, 0.1) is 6.92 Å². The summed E-state index contributed by atoms with van der Waals surface area (Å²) in [5.74, 6) is 1.07. The van der Waals surface area contributed by atoms with Crippen LogP contribution in [0.3, 0.4) is 0 Å². The maximum absolute atomic E-state index is 11.8. The smallest absolute Gasteiger partial charge is 0.315 e. The third kappa shape index (κ3) is 5.71. The van der Waals surface area contributed by atoms with Crippen molar-refractivity contribution in [1.82, 2.24) is 20.8 Å². The number of carbonyl (C=O) groups is 1. The van der Waals surface area contributed by atoms with E-state index in [1.54, 1.807) is 6.92 Å². The van der Waals surface area contributed by atoms with Crippen molar-refractivity contribution in [2.75, 3.05) is 6.54 Å². The highest BCUT2D eigenvalue weighted by Crippen LogP contribution is 2.17. The van der Waals surface area contributed by atoms with Crippen LogP contribution in [0.15, 0.2) is 34.9 Å². The molecule has 1 heterocycles. The van der Waals surface area contributed by atoms with E-state index in [-0.39, 0.29) is 12.1 Å². The number of nitrogens with zero attached hydrogens (tertiary/aromatic N) is 2. The number of amides is 2. The first-order valence-corrected chi connectivity index (χ1v) is 7.61. The van der Waals surface area contributed by atoms with Gasteiger partial charge in [0.05, 0.1) is 6.10 Å². The SMILES string of the molecule is Cc1noc(CCNC(=O)NC(C)CC(O)c2ccccc2)n1. The van der Waals surface area contributed by atoms with Gasteiger partial charge in [-0.15, -0.1) is 0 Å². The fourth-order valence-corrected chi connectivity index (χ4v) is 2.20. The zero-order chi connectivity index (χ0) is 16.7. The van der Waals surface area contributed by atoms with Gasteiger partial charge in [-0.3, -0.25) is 0 Å². The van der Waals surface area contributed by atoms with Gasteiger partial charge < -0.3 is 20.3 Å². The van der Waals surface area contributed by atoms with Gasteiger partial charge in [-0.2, -0.15) is 4.98 Å². The zero-order valence-electron chi connectivity index (χ0n) is 13.3. The van der Waals surface area contributed by atoms with Crippen LogP contribution in [0.5, 0.6) is 0 Å². The van der Waals surface area contributed by atoms with E-state index in [9.17, 15) is 9.90 Å². The molecule has 23 heavy (non-hydrogen) atoms. The topological polar surface area (TPSA) is 100 Å². The molecule has 0 saturated heterocycles. The van der Waals surface area contributed by atoms with Gasteiger partial charge >= 0.3 is 6.03 Å². The maximum atomic E-state index is 11.8. The second-order valence-electron chi connectivity index (χ2n) is 5.45. The Balaban J connectivity index is 1.68. The van der Waals surface area contributed by atoms with E-state index in [1.165, 1.54) is 0 Å². The van der Waals surface area contributed by atoms with Crippen molar-refractivity contribution in [1.29, 1.82) is 0 Å². The molecule has 0 aliphatic rings. The van der Waals surface area contributed by atoms with Gasteiger partial charge in [0.25, 0.3) is 0 Å². The van der Waals surface area contributed by atoms with Crippen molar-refractivity contribution < 1.29 is 14.4 Å². The van der Waals surface area contributed by atoms with Crippen LogP contribution >= 0.6 is 0 Å². The molecular formula is C16H22N4O3. The number of aliphatic hydroxyl groups excluding tert-OH is 1. The summed E-state index contributed by atoms with van der Waals surface area (Å²) in [6.45, 7) is 4.00. The lowest BCUT2D eigenvalue weighted by Crippen LogP contribution is -2.42. The summed E-state index contributed by atoms with van der Waals surface area (Å²) in [5.41, 5.74) is 0.841. The predicted molar refractivity (Wildman–Crippen MR) is 84.8 cm³/mol. The third-order valence-electron chi connectivity index (χ3n) is 3.33. The minimum atomic E-state index is -0.604. The first-order valence-electron chi connectivity index (χ1n) is 7.61. The molecule has 2 unspecified atom stereocenters. The monoisotopic (exact) mass is 318 g/mol. The second kappa shape index (κ2) is 8.28. The summed E-state index contributed by atoms with van der Waals surface area (Å²) in [7, 11) is 0. The highest BCUT2D eigenvalue weighted by molar-refractivity contribution is 5.74. The van der Waals surface area contributed by atoms with Crippen LogP contribution < -0.4 is 10.6 Å². The molecule has 2 atom stereocenters. The van der Waals surface area contributed by atoms with Crippen LogP contribution in [0.1, 0.15) is 36.7 Å². The van der Waals surface area contributed by atoms with Crippen molar-refractivity contribution in [2.24, 2.45) is 0 Å². The molecular weight excluding hydrogens is 296 g/mol. The predicted octanol–water partition coefficient (Wildman–Crippen LogP) is 1.73. The molecule has 0 aliphatic heterocycles. The fraction of sp³-hybridized carbons (Fsp3) is 0.438. The second-order valence-corrected chi connectivity index (χ2v) is 5.45. The van der Waals surface area contributed by atoms with E-state index >= 15 is 0 Å². The zero-order valence-corrected chi connectivity index (χ0v) is 13.3. The Hall–Kier alpha value is -2.41. The summed E-state index contributed by atoms with van der Waals surface area (Å²) in [6.07, 6.45) is 0.322. The van der Waals surface area contributed by atoms with Crippen molar-refractivity contribution in [2.45, 2.75) is 38.8 Å². The van der Waals surface area contributed by atoms with Crippen LogP contribution in [-0.2, 0) is 6.42 Å². The van der Waals surface area contributed by atoms with E-state index in [4.69, 9.17) is 4.52 Å². The lowest BCUT2D eigenvalue weighted by Gasteiger charge is -2.18. The number of urea groups is 1. The van der Waals surface area contributed by atoms with E-state index in [1.807, 2.05) is 37.3 Å². The van der Waals surface area contributed by atoms with Crippen LogP contribution in [0.2, 0.25) is 0 Å². The van der Waals surface area contributed by atoms with Gasteiger partial charge in [0.2, 0.25) is 5.89 Å². The van der Waals surface area contributed by atoms with Gasteiger partial charge in [-0.05, 0) is 25.8 Å². The molecule has 7 heteroatoms. The standard InChI is InChI=1S/C16H22N4O3/c1-11(10-14(21)13-6-4-3-5-7-13)18-16(22)17-9-8-15-19-12(2)20-23-15/h3-7,11,14,21H,8-10H2,1-2H3,(H2,17,18,22). The van der Waals surface area contributed by atoms with Gasteiger partial charge in [-0.25, -0.2) is 4.79 Å². The quantitative estimate of drug-likeness (QED) is 0.722. The van der Waals surface area contributed by atoms with Gasteiger partial charge in [0, 0.05) is 19.0 Å². The minimum absolute atomic E-state index is 0.157. The highest BCUT2D eigenvalue weighted by atomic mass is 16.5. The van der Waals surface area contributed by atoms with Gasteiger partial charge in [0.1, 0.15) is 0 Å². The molecule has 2 rings (SSSR count). The summed E-state index contributed by atoms with van der Waals surface area (Å²) in [5, 5.41) is 19.3. The number of rotatable bonds is 7. The number of benzene rings is 1. The molecule has 0 bridgehead atoms. The van der Waals surface area contributed by atoms with Crippen LogP contribution in [0.25, 0.3) is 0 Å². The van der Waals surface area contributed by atoms with Crippen molar-refractivity contribution >= 4 is 6.03 Å². The van der Waals surface area contributed by atoms with Crippen LogP contribution in [-0.4, -0.2) is 33.9 Å². The number of nitrogens with one attached hydrogen (secondary N) is 2. The molecule has 0 spiro atoms. The summed E-state index contributed by atoms with van der Waals surface area (Å²) in [6, 6.07) is 8.94. The molecule has 0 fully saturated rings. The maximum Gasteiger partial charge on any atom is 0.315 e. The van der Waals surface area contributed by atoms with Gasteiger partial charge in [-0.1, -0.05) is 35.5 Å². The Morgan fingerprint density at radius 1 is 1.35 bits per heavy atom. The molecule has 1 aromatic heterocycles. The summed E-state index contributed by atoms with van der Waals surface area (Å²) in [4.78, 5) is 15.9. The number of aliphatic hydroxyl groups is 1. The fourth-order valence-electron chi connectivity index (χ4n) is 2.20. The molecule has 2 amide bonds. The lowest BCUT2D eigenvalue weighted by molar-refractivity contribution is 0.154. The molecule has 0 aliphatic carbocycles. The van der Waals surface area contributed by atoms with Crippen molar-refractivity contribution in [3.63, 3.8) is 0 Å². The summed E-state index contributed by atoms with van der Waals surface area (Å²) >= 11 is 0. The molecule has 0 radical (unpaired) electrons. The molecule has 124 valence electrons. The normalized spacial score (nSPS) is 13.3. The van der Waals surface area contributed by atoms with Crippen molar-refractivity contribution in [3.05, 3.63) is 47.6 Å². The Labute approximate surface area is 135 Å². The van der Waals surface area contributed by atoms with E-state index in [2.05, 4.69) is 20.8 Å². The first-order chi connectivity index (χ1) is 11.0. The highest BCUT2D eigenvalue weighted by Gasteiger charge is 2.14. The minimum Gasteiger partial charge on any atom is -0.388 e. The number of aryl methyl sites for hydroxylation is 1. The third-order valence-corrected chi connectivity index (χ3v) is 3.33. The lowest BCUT2D eigenvalue weighted by atomic mass is 10.0. The number of aromatic nitrogens is 2. The Bertz CT molecular complexity index is 615. The summed E-state index contributed by atoms with van der Waals surface area (Å²) < 4.78 is 4.96. The molecule has 1 aromatic carbocycles. The Kier molecular flexibility index (Phi) is 6.10. The average molecular weight is 318 g/mol. The van der Waals surface area contributed by atoms with E-state index < -0.39 is 6.10 Å². The first kappa shape index (κ1) is 17.0. The van der Waals surface area contributed by atoms with E-state index in [0.717, 1.165) is 5.56 Å². The molecule has 7 nitrogen and oxygen atoms in total. The average Bonchev–Trinajstić information content (AvgIpc) is 2.93. The van der Waals surface area contributed by atoms with Crippen LogP contribution in [0.4, 0.5) is 4.79 Å². The van der Waals surface area contributed by atoms with E-state index in [0.29, 0.717) is 31.1 Å². The van der Waals surface area contributed by atoms with Crippen molar-refractivity contribution in [3.8, 4) is 0 Å². The number of hydrogen-bond acceptors (Lipinski definition) is 5. The molecule has 2 aromatic rings. The van der Waals surface area contributed by atoms with Gasteiger partial charge in [0.15, 0.2) is 5.82 Å². The Morgan fingerprint density at radius 2 is 2.09 bits per heavy atom. The largest absolute Gasteiger partial charge is 0.388 e.